The zero-order chi connectivity index (χ0) is 12.6. The summed E-state index contributed by atoms with van der Waals surface area (Å²) in [5.74, 6) is -0.390. The Kier molecular flexibility index (Phi) is 3.23. The minimum atomic E-state index is -3.31. The molecule has 1 aromatic rings. The smallest absolute Gasteiger partial charge is 0.183 e. The Morgan fingerprint density at radius 3 is 2.65 bits per heavy atom. The van der Waals surface area contributed by atoms with Crippen molar-refractivity contribution in [2.45, 2.75) is 36.5 Å². The van der Waals surface area contributed by atoms with E-state index < -0.39 is 20.9 Å². The zero-order valence-electron chi connectivity index (χ0n) is 9.90. The number of hydrogen-bond donors (Lipinski definition) is 1. The van der Waals surface area contributed by atoms with Gasteiger partial charge in [-0.25, -0.2) is 12.8 Å². The maximum absolute atomic E-state index is 13.2. The lowest BCUT2D eigenvalue weighted by Crippen LogP contribution is -2.31. The fraction of sp³-hybridized carbons (Fsp3) is 0.500. The molecule has 0 radical (unpaired) electrons. The van der Waals surface area contributed by atoms with Gasteiger partial charge >= 0.3 is 0 Å². The van der Waals surface area contributed by atoms with Crippen LogP contribution in [0.2, 0.25) is 0 Å². The van der Waals surface area contributed by atoms with E-state index in [0.717, 1.165) is 0 Å². The number of sulfone groups is 1. The lowest BCUT2D eigenvalue weighted by molar-refractivity contribution is 0.502. The fourth-order valence-electron chi connectivity index (χ4n) is 2.48. The second-order valence-corrected chi connectivity index (χ2v) is 6.34. The third kappa shape index (κ3) is 1.87. The van der Waals surface area contributed by atoms with Gasteiger partial charge in [0.2, 0.25) is 0 Å². The van der Waals surface area contributed by atoms with Gasteiger partial charge < -0.3 is 5.32 Å². The van der Waals surface area contributed by atoms with Crippen molar-refractivity contribution in [2.75, 3.05) is 6.54 Å². The van der Waals surface area contributed by atoms with Crippen LogP contribution in [-0.4, -0.2) is 20.2 Å². The van der Waals surface area contributed by atoms with Crippen molar-refractivity contribution in [2.24, 2.45) is 0 Å². The van der Waals surface area contributed by atoms with E-state index in [2.05, 4.69) is 5.32 Å². The molecule has 0 bridgehead atoms. The van der Waals surface area contributed by atoms with E-state index in [4.69, 9.17) is 0 Å². The van der Waals surface area contributed by atoms with Crippen LogP contribution in [-0.2, 0) is 9.84 Å². The van der Waals surface area contributed by atoms with E-state index in [1.807, 2.05) is 13.8 Å². The maximum Gasteiger partial charge on any atom is 0.183 e. The molecular weight excluding hydrogens is 241 g/mol. The minimum Gasteiger partial charge on any atom is -0.309 e. The summed E-state index contributed by atoms with van der Waals surface area (Å²) < 4.78 is 37.7. The molecule has 0 saturated heterocycles. The highest BCUT2D eigenvalue weighted by atomic mass is 32.2. The minimum absolute atomic E-state index is 0.275. The van der Waals surface area contributed by atoms with E-state index in [1.54, 1.807) is 0 Å². The first-order valence-corrected chi connectivity index (χ1v) is 7.33. The second kappa shape index (κ2) is 4.38. The van der Waals surface area contributed by atoms with Gasteiger partial charge in [-0.15, -0.1) is 0 Å². The molecule has 3 nitrogen and oxygen atoms in total. The highest BCUT2D eigenvalue weighted by Crippen LogP contribution is 2.40. The number of halogens is 1. The predicted octanol–water partition coefficient (Wildman–Crippen LogP) is 2.04. The summed E-state index contributed by atoms with van der Waals surface area (Å²) in [6.07, 6.45) is 0.524. The molecule has 1 aliphatic rings. The Morgan fingerprint density at radius 2 is 2.06 bits per heavy atom. The first kappa shape index (κ1) is 12.5. The molecule has 0 fully saturated rings. The zero-order valence-corrected chi connectivity index (χ0v) is 10.7. The normalized spacial score (nSPS) is 25.8. The van der Waals surface area contributed by atoms with Crippen molar-refractivity contribution in [3.8, 4) is 0 Å². The van der Waals surface area contributed by atoms with Gasteiger partial charge in [0.1, 0.15) is 5.82 Å². The average molecular weight is 257 g/mol. The molecule has 1 N–H and O–H groups in total. The summed E-state index contributed by atoms with van der Waals surface area (Å²) >= 11 is 0. The van der Waals surface area contributed by atoms with E-state index in [1.165, 1.54) is 18.2 Å². The monoisotopic (exact) mass is 257 g/mol. The van der Waals surface area contributed by atoms with Crippen LogP contribution in [0.1, 0.15) is 31.9 Å². The first-order valence-electron chi connectivity index (χ1n) is 5.79. The van der Waals surface area contributed by atoms with Crippen molar-refractivity contribution < 1.29 is 12.8 Å². The highest BCUT2D eigenvalue weighted by Gasteiger charge is 2.43. The van der Waals surface area contributed by atoms with E-state index in [0.29, 0.717) is 18.5 Å². The molecule has 1 aromatic carbocycles. The van der Waals surface area contributed by atoms with Crippen LogP contribution in [0.4, 0.5) is 4.39 Å². The van der Waals surface area contributed by atoms with E-state index in [9.17, 15) is 12.8 Å². The van der Waals surface area contributed by atoms with Crippen molar-refractivity contribution in [1.29, 1.82) is 0 Å². The van der Waals surface area contributed by atoms with Crippen molar-refractivity contribution in [3.63, 3.8) is 0 Å². The predicted molar refractivity (Wildman–Crippen MR) is 64.1 cm³/mol. The Bertz CT molecular complexity index is 527. The van der Waals surface area contributed by atoms with Gasteiger partial charge in [-0.1, -0.05) is 13.8 Å². The molecule has 0 aromatic heterocycles. The molecule has 2 atom stereocenters. The molecule has 5 heteroatoms. The summed E-state index contributed by atoms with van der Waals surface area (Å²) in [6, 6.07) is 3.62. The molecule has 1 aliphatic heterocycles. The standard InChI is InChI=1S/C12H16FNO2S/c1-3-10-12(14-4-2)9-7-8(13)5-6-11(9)17(10,15)16/h5-7,10,12,14H,3-4H2,1-2H3. The molecule has 0 aliphatic carbocycles. The van der Waals surface area contributed by atoms with Crippen LogP contribution in [0, 0.1) is 5.82 Å². The summed E-state index contributed by atoms with van der Waals surface area (Å²) in [5.41, 5.74) is 0.568. The van der Waals surface area contributed by atoms with Gasteiger partial charge in [-0.05, 0) is 36.7 Å². The van der Waals surface area contributed by atoms with Gasteiger partial charge in [-0.2, -0.15) is 0 Å². The molecule has 17 heavy (non-hydrogen) atoms. The average Bonchev–Trinajstić information content (AvgIpc) is 2.47. The molecule has 0 saturated carbocycles. The van der Waals surface area contributed by atoms with Gasteiger partial charge in [0.05, 0.1) is 16.2 Å². The third-order valence-electron chi connectivity index (χ3n) is 3.21. The summed E-state index contributed by atoms with van der Waals surface area (Å²) in [4.78, 5) is 0.275. The van der Waals surface area contributed by atoms with Crippen LogP contribution in [0.3, 0.4) is 0 Å². The third-order valence-corrected chi connectivity index (χ3v) is 5.60. The fourth-order valence-corrected chi connectivity index (χ4v) is 4.62. The van der Waals surface area contributed by atoms with Crippen LogP contribution >= 0.6 is 0 Å². The number of benzene rings is 1. The number of fused-ring (bicyclic) bond motifs is 1. The van der Waals surface area contributed by atoms with Crippen LogP contribution in [0.25, 0.3) is 0 Å². The van der Waals surface area contributed by atoms with Crippen LogP contribution in [0.15, 0.2) is 23.1 Å². The molecule has 94 valence electrons. The van der Waals surface area contributed by atoms with Gasteiger partial charge in [-0.3, -0.25) is 0 Å². The highest BCUT2D eigenvalue weighted by molar-refractivity contribution is 7.92. The van der Waals surface area contributed by atoms with Crippen LogP contribution < -0.4 is 5.32 Å². The topological polar surface area (TPSA) is 46.2 Å². The molecule has 2 rings (SSSR count). The van der Waals surface area contributed by atoms with E-state index in [-0.39, 0.29) is 10.9 Å². The van der Waals surface area contributed by atoms with Gasteiger partial charge in [0, 0.05) is 0 Å². The number of hydrogen-bond acceptors (Lipinski definition) is 3. The Balaban J connectivity index is 2.60. The lowest BCUT2D eigenvalue weighted by Gasteiger charge is -2.18. The maximum atomic E-state index is 13.2. The van der Waals surface area contributed by atoms with Crippen molar-refractivity contribution in [3.05, 3.63) is 29.6 Å². The molecular formula is C12H16FNO2S. The second-order valence-electron chi connectivity index (χ2n) is 4.21. The molecule has 1 heterocycles. The Labute approximate surface area is 101 Å². The summed E-state index contributed by atoms with van der Waals surface area (Å²) in [7, 11) is -3.31. The Morgan fingerprint density at radius 1 is 1.35 bits per heavy atom. The molecule has 0 spiro atoms. The number of nitrogens with one attached hydrogen (secondary N) is 1. The number of rotatable bonds is 3. The summed E-state index contributed by atoms with van der Waals surface area (Å²) in [6.45, 7) is 4.41. The molecule has 2 unspecified atom stereocenters. The van der Waals surface area contributed by atoms with E-state index >= 15 is 0 Å². The van der Waals surface area contributed by atoms with Gasteiger partial charge in [0.25, 0.3) is 0 Å². The summed E-state index contributed by atoms with van der Waals surface area (Å²) in [5, 5.41) is 2.65. The molecule has 0 amide bonds. The van der Waals surface area contributed by atoms with Crippen molar-refractivity contribution in [1.82, 2.24) is 5.32 Å². The van der Waals surface area contributed by atoms with Gasteiger partial charge in [0.15, 0.2) is 9.84 Å². The quantitative estimate of drug-likeness (QED) is 0.843. The SMILES string of the molecule is CCNC1c2cc(F)ccc2S(=O)(=O)C1CC. The largest absolute Gasteiger partial charge is 0.309 e. The van der Waals surface area contributed by atoms with Crippen molar-refractivity contribution >= 4 is 9.84 Å². The van der Waals surface area contributed by atoms with Crippen LogP contribution in [0.5, 0.6) is 0 Å². The Hall–Kier alpha value is -0.940. The lowest BCUT2D eigenvalue weighted by atomic mass is 10.0. The first-order chi connectivity index (χ1) is 8.02.